The number of benzene rings is 4. The van der Waals surface area contributed by atoms with Gasteiger partial charge in [-0.1, -0.05) is 74.5 Å². The SMILES string of the molecule is CC(C)(c1ccc(-n2c3ccccc3c3cnccc32)cc1)c1ccc(-n2c3ccccc3c3cnccc32)cc1. The van der Waals surface area contributed by atoms with Crippen LogP contribution >= 0.6 is 0 Å². The van der Waals surface area contributed by atoms with Gasteiger partial charge in [-0.2, -0.15) is 0 Å². The minimum absolute atomic E-state index is 0.160. The minimum Gasteiger partial charge on any atom is -0.309 e. The third-order valence-electron chi connectivity index (χ3n) is 8.64. The molecular formula is C37H28N4. The van der Waals surface area contributed by atoms with Crippen LogP contribution in [0, 0.1) is 0 Å². The molecule has 0 spiro atoms. The van der Waals surface area contributed by atoms with E-state index in [4.69, 9.17) is 0 Å². The second kappa shape index (κ2) is 8.90. The first-order valence-corrected chi connectivity index (χ1v) is 14.0. The summed E-state index contributed by atoms with van der Waals surface area (Å²) in [5.74, 6) is 0. The first kappa shape index (κ1) is 23.6. The average molecular weight is 529 g/mol. The van der Waals surface area contributed by atoms with Crippen molar-refractivity contribution >= 4 is 43.6 Å². The summed E-state index contributed by atoms with van der Waals surface area (Å²) in [5.41, 5.74) is 9.43. The van der Waals surface area contributed by atoms with Crippen molar-refractivity contribution in [2.75, 3.05) is 0 Å². The van der Waals surface area contributed by atoms with Crippen LogP contribution in [-0.2, 0) is 5.41 Å². The van der Waals surface area contributed by atoms with Crippen molar-refractivity contribution < 1.29 is 0 Å². The van der Waals surface area contributed by atoms with Crippen LogP contribution in [0.2, 0.25) is 0 Å². The number of para-hydroxylation sites is 2. The highest BCUT2D eigenvalue weighted by Gasteiger charge is 2.24. The highest BCUT2D eigenvalue weighted by molar-refractivity contribution is 6.09. The molecule has 41 heavy (non-hydrogen) atoms. The van der Waals surface area contributed by atoms with Gasteiger partial charge >= 0.3 is 0 Å². The molecule has 0 aliphatic carbocycles. The van der Waals surface area contributed by atoms with Crippen LogP contribution in [-0.4, -0.2) is 19.1 Å². The first-order chi connectivity index (χ1) is 20.1. The van der Waals surface area contributed by atoms with Crippen molar-refractivity contribution in [1.29, 1.82) is 0 Å². The number of hydrogen-bond acceptors (Lipinski definition) is 2. The molecule has 0 saturated heterocycles. The zero-order chi connectivity index (χ0) is 27.6. The summed E-state index contributed by atoms with van der Waals surface area (Å²) in [4.78, 5) is 8.77. The monoisotopic (exact) mass is 528 g/mol. The molecule has 0 fully saturated rings. The number of fused-ring (bicyclic) bond motifs is 6. The molecule has 0 saturated carbocycles. The molecule has 4 aromatic carbocycles. The van der Waals surface area contributed by atoms with Gasteiger partial charge in [0.25, 0.3) is 0 Å². The maximum atomic E-state index is 4.38. The largest absolute Gasteiger partial charge is 0.309 e. The number of rotatable bonds is 4. The maximum absolute atomic E-state index is 4.38. The van der Waals surface area contributed by atoms with Gasteiger partial charge in [-0.05, 0) is 59.7 Å². The highest BCUT2D eigenvalue weighted by Crippen LogP contribution is 2.36. The van der Waals surface area contributed by atoms with Crippen molar-refractivity contribution in [3.63, 3.8) is 0 Å². The van der Waals surface area contributed by atoms with Crippen molar-refractivity contribution in [1.82, 2.24) is 19.1 Å². The van der Waals surface area contributed by atoms with Crippen molar-refractivity contribution in [2.45, 2.75) is 19.3 Å². The molecule has 0 radical (unpaired) electrons. The molecule has 4 nitrogen and oxygen atoms in total. The van der Waals surface area contributed by atoms with E-state index in [9.17, 15) is 0 Å². The number of aromatic nitrogens is 4. The fourth-order valence-corrected chi connectivity index (χ4v) is 6.41. The molecule has 0 aliphatic rings. The summed E-state index contributed by atoms with van der Waals surface area (Å²) in [6, 6.07) is 39.3. The van der Waals surface area contributed by atoms with Gasteiger partial charge in [0.15, 0.2) is 0 Å². The molecule has 4 heterocycles. The molecule has 196 valence electrons. The van der Waals surface area contributed by atoms with Gasteiger partial charge in [0, 0.05) is 63.1 Å². The predicted molar refractivity (Wildman–Crippen MR) is 169 cm³/mol. The second-order valence-corrected chi connectivity index (χ2v) is 11.2. The van der Waals surface area contributed by atoms with Crippen molar-refractivity contribution in [3.05, 3.63) is 145 Å². The number of hydrogen-bond donors (Lipinski definition) is 0. The number of pyridine rings is 2. The molecule has 0 atom stereocenters. The summed E-state index contributed by atoms with van der Waals surface area (Å²) in [5, 5.41) is 4.79. The lowest BCUT2D eigenvalue weighted by Gasteiger charge is -2.27. The van der Waals surface area contributed by atoms with Gasteiger partial charge in [-0.15, -0.1) is 0 Å². The lowest BCUT2D eigenvalue weighted by atomic mass is 9.78. The highest BCUT2D eigenvalue weighted by atomic mass is 15.0. The quantitative estimate of drug-likeness (QED) is 0.228. The van der Waals surface area contributed by atoms with E-state index >= 15 is 0 Å². The molecular weight excluding hydrogens is 500 g/mol. The van der Waals surface area contributed by atoms with Crippen LogP contribution in [0.4, 0.5) is 0 Å². The Kier molecular flexibility index (Phi) is 5.13. The molecule has 0 bridgehead atoms. The molecule has 8 aromatic rings. The van der Waals surface area contributed by atoms with E-state index in [0.717, 1.165) is 11.4 Å². The molecule has 0 aliphatic heterocycles. The van der Waals surface area contributed by atoms with E-state index in [2.05, 4.69) is 142 Å². The van der Waals surface area contributed by atoms with Crippen LogP contribution in [0.5, 0.6) is 0 Å². The summed E-state index contributed by atoms with van der Waals surface area (Å²) in [7, 11) is 0. The summed E-state index contributed by atoms with van der Waals surface area (Å²) in [6.45, 7) is 4.60. The first-order valence-electron chi connectivity index (χ1n) is 14.0. The van der Waals surface area contributed by atoms with Gasteiger partial charge in [-0.25, -0.2) is 0 Å². The lowest BCUT2D eigenvalue weighted by Crippen LogP contribution is -2.19. The fourth-order valence-electron chi connectivity index (χ4n) is 6.41. The van der Waals surface area contributed by atoms with Gasteiger partial charge in [0.2, 0.25) is 0 Å². The molecule has 4 heteroatoms. The Balaban J connectivity index is 1.17. The Morgan fingerprint density at radius 2 is 0.829 bits per heavy atom. The normalized spacial score (nSPS) is 12.1. The van der Waals surface area contributed by atoms with Crippen LogP contribution in [0.25, 0.3) is 55.0 Å². The van der Waals surface area contributed by atoms with Crippen LogP contribution in [0.1, 0.15) is 25.0 Å². The fraction of sp³-hybridized carbons (Fsp3) is 0.0811. The topological polar surface area (TPSA) is 35.6 Å². The lowest BCUT2D eigenvalue weighted by molar-refractivity contribution is 0.640. The molecule has 4 aromatic heterocycles. The zero-order valence-corrected chi connectivity index (χ0v) is 23.0. The van der Waals surface area contributed by atoms with Gasteiger partial charge in [0.1, 0.15) is 0 Å². The molecule has 0 unspecified atom stereocenters. The zero-order valence-electron chi connectivity index (χ0n) is 23.0. The van der Waals surface area contributed by atoms with Gasteiger partial charge in [0.05, 0.1) is 22.1 Å². The van der Waals surface area contributed by atoms with Crippen molar-refractivity contribution in [2.24, 2.45) is 0 Å². The molecule has 0 amide bonds. The van der Waals surface area contributed by atoms with E-state index in [1.54, 1.807) is 0 Å². The van der Waals surface area contributed by atoms with Crippen LogP contribution < -0.4 is 0 Å². The summed E-state index contributed by atoms with van der Waals surface area (Å²) >= 11 is 0. The van der Waals surface area contributed by atoms with E-state index in [-0.39, 0.29) is 5.41 Å². The summed E-state index contributed by atoms with van der Waals surface area (Å²) < 4.78 is 4.67. The third kappa shape index (κ3) is 3.54. The van der Waals surface area contributed by atoms with Crippen LogP contribution in [0.3, 0.4) is 0 Å². The third-order valence-corrected chi connectivity index (χ3v) is 8.64. The van der Waals surface area contributed by atoms with Gasteiger partial charge < -0.3 is 9.13 Å². The Morgan fingerprint density at radius 3 is 1.27 bits per heavy atom. The standard InChI is InChI=1S/C37H28N4/c1-37(2,25-11-15-27(16-12-25)40-33-9-5-3-7-29(33)31-23-38-21-19-35(31)40)26-13-17-28(18-14-26)41-34-10-6-4-8-30(34)32-24-39-22-20-36(32)41/h3-24H,1-2H3. The Labute approximate surface area is 238 Å². The second-order valence-electron chi connectivity index (χ2n) is 11.2. The van der Waals surface area contributed by atoms with Crippen LogP contribution in [0.15, 0.2) is 134 Å². The van der Waals surface area contributed by atoms with E-state index in [1.165, 1.54) is 54.7 Å². The maximum Gasteiger partial charge on any atom is 0.0571 e. The Hall–Kier alpha value is -5.22. The van der Waals surface area contributed by atoms with Crippen molar-refractivity contribution in [3.8, 4) is 11.4 Å². The van der Waals surface area contributed by atoms with E-state index < -0.39 is 0 Å². The van der Waals surface area contributed by atoms with Gasteiger partial charge in [-0.3, -0.25) is 9.97 Å². The smallest absolute Gasteiger partial charge is 0.0571 e. The van der Waals surface area contributed by atoms with E-state index in [1.807, 2.05) is 24.8 Å². The average Bonchev–Trinajstić information content (AvgIpc) is 3.54. The summed E-state index contributed by atoms with van der Waals surface area (Å²) in [6.07, 6.45) is 7.67. The minimum atomic E-state index is -0.160. The van der Waals surface area contributed by atoms with E-state index in [0.29, 0.717) is 0 Å². The Morgan fingerprint density at radius 1 is 0.439 bits per heavy atom. The Bertz CT molecular complexity index is 1950. The number of nitrogens with zero attached hydrogens (tertiary/aromatic N) is 4. The molecule has 8 rings (SSSR count). The molecule has 0 N–H and O–H groups in total. The predicted octanol–water partition coefficient (Wildman–Crippen LogP) is 9.00.